The molecule has 0 unspecified atom stereocenters. The molecule has 25 heteroatoms. The van der Waals surface area contributed by atoms with Crippen molar-refractivity contribution < 1.29 is 107 Å². The van der Waals surface area contributed by atoms with Crippen LogP contribution in [0.2, 0.25) is 0 Å². The highest BCUT2D eigenvalue weighted by Crippen LogP contribution is 2.40. The summed E-state index contributed by atoms with van der Waals surface area (Å²) in [5.41, 5.74) is 9.02. The second-order valence-corrected chi connectivity index (χ2v) is 23.2. The minimum absolute atomic E-state index is 0.167. The van der Waals surface area contributed by atoms with Gasteiger partial charge in [0.2, 0.25) is 0 Å². The average molecular weight is 1450 g/mol. The monoisotopic (exact) mass is 1450 g/mol. The van der Waals surface area contributed by atoms with Gasteiger partial charge >= 0.3 is 37.1 Å². The van der Waals surface area contributed by atoms with E-state index in [0.717, 1.165) is 0 Å². The van der Waals surface area contributed by atoms with Gasteiger partial charge in [0, 0.05) is 17.1 Å². The Morgan fingerprint density at radius 1 is 0.214 bits per heavy atom. The van der Waals surface area contributed by atoms with Crippen molar-refractivity contribution in [3.63, 3.8) is 0 Å². The standard InChI is InChI=1S/C78H63F18NO6/c79-73(80,81)37-43-98-64-25-7-55(8-26-64)70(56-9-27-65(28-10-56)99-44-38-74(82,83)84)49-52-1-19-61(20-2-52)97(62-21-3-53(4-22-62)50-71(57-11-29-66(30-12-57)100-45-39-75(85,86)87)58-13-31-67(32-14-58)101-46-40-76(88,89)90)63-23-5-54(6-24-63)51-72(59-15-33-68(34-16-59)102-47-41-77(91,92)93)60-17-35-69(36-18-60)103-48-42-78(94,95)96/h1-36,49-51H,37-48H2. The molecule has 0 spiro atoms. The summed E-state index contributed by atoms with van der Waals surface area (Å²) in [6.07, 6.45) is -28.3. The lowest BCUT2D eigenvalue weighted by Gasteiger charge is -2.26. The summed E-state index contributed by atoms with van der Waals surface area (Å²) in [5.74, 6) is 1.000. The van der Waals surface area contributed by atoms with Crippen molar-refractivity contribution in [1.82, 2.24) is 0 Å². The molecule has 9 rings (SSSR count). The van der Waals surface area contributed by atoms with Gasteiger partial charge in [-0.1, -0.05) is 109 Å². The number of alkyl halides is 18. The second-order valence-electron chi connectivity index (χ2n) is 23.2. The average Bonchev–Trinajstić information content (AvgIpc) is 0.807. The Morgan fingerprint density at radius 2 is 0.359 bits per heavy atom. The highest BCUT2D eigenvalue weighted by atomic mass is 19.4. The molecule has 0 fully saturated rings. The van der Waals surface area contributed by atoms with Gasteiger partial charge < -0.3 is 33.3 Å². The molecular formula is C78H63F18NO6. The van der Waals surface area contributed by atoms with E-state index in [-0.39, 0.29) is 34.5 Å². The van der Waals surface area contributed by atoms with E-state index in [0.29, 0.717) is 83.9 Å². The lowest BCUT2D eigenvalue weighted by molar-refractivity contribution is -0.140. The molecule has 0 aliphatic heterocycles. The molecule has 0 radical (unpaired) electrons. The molecule has 0 saturated heterocycles. The van der Waals surface area contributed by atoms with Gasteiger partial charge in [-0.15, -0.1) is 0 Å². The molecule has 0 aliphatic carbocycles. The second kappa shape index (κ2) is 34.0. The van der Waals surface area contributed by atoms with Crippen LogP contribution in [0.15, 0.2) is 218 Å². The number of ether oxygens (including phenoxy) is 6. The third-order valence-electron chi connectivity index (χ3n) is 15.3. The molecule has 103 heavy (non-hydrogen) atoms. The van der Waals surface area contributed by atoms with E-state index in [1.807, 2.05) is 95.9 Å². The Balaban J connectivity index is 1.10. The van der Waals surface area contributed by atoms with Crippen LogP contribution in [0.5, 0.6) is 34.5 Å². The highest BCUT2D eigenvalue weighted by molar-refractivity contribution is 5.94. The van der Waals surface area contributed by atoms with Crippen LogP contribution in [-0.2, 0) is 0 Å². The Bertz CT molecular complexity index is 3590. The van der Waals surface area contributed by atoms with Gasteiger partial charge in [-0.2, -0.15) is 79.0 Å². The molecule has 9 aromatic carbocycles. The van der Waals surface area contributed by atoms with Gasteiger partial charge in [0.05, 0.1) is 78.2 Å². The van der Waals surface area contributed by atoms with Gasteiger partial charge in [-0.05, 0) is 194 Å². The molecule has 0 saturated carbocycles. The summed E-state index contributed by atoms with van der Waals surface area (Å²) in [6.45, 7) is -3.74. The number of hydrogen-bond donors (Lipinski definition) is 0. The van der Waals surface area contributed by atoms with E-state index in [4.69, 9.17) is 28.4 Å². The molecule has 0 heterocycles. The summed E-state index contributed by atoms with van der Waals surface area (Å²) in [5, 5.41) is 0. The van der Waals surface area contributed by atoms with Crippen molar-refractivity contribution in [3.05, 3.63) is 268 Å². The summed E-state index contributed by atoms with van der Waals surface area (Å²) in [6, 6.07) is 59.7. The van der Waals surface area contributed by atoms with Crippen molar-refractivity contribution in [3.8, 4) is 34.5 Å². The Kier molecular flexibility index (Phi) is 25.3. The maximum Gasteiger partial charge on any atom is 0.392 e. The Morgan fingerprint density at radius 3 is 0.495 bits per heavy atom. The van der Waals surface area contributed by atoms with Crippen molar-refractivity contribution in [1.29, 1.82) is 0 Å². The van der Waals surface area contributed by atoms with Crippen LogP contribution < -0.4 is 33.3 Å². The lowest BCUT2D eigenvalue weighted by Crippen LogP contribution is -2.13. The van der Waals surface area contributed by atoms with E-state index in [1.165, 1.54) is 72.8 Å². The first-order chi connectivity index (χ1) is 48.7. The normalized spacial score (nSPS) is 12.1. The minimum atomic E-state index is -4.45. The third kappa shape index (κ3) is 25.5. The minimum Gasteiger partial charge on any atom is -0.493 e. The Labute approximate surface area is 580 Å². The SMILES string of the molecule is FC(F)(F)CCOc1ccc(C(=Cc2ccc(N(c3ccc(C=C(c4ccc(OCCC(F)(F)F)cc4)c4ccc(OCCC(F)(F)F)cc4)cc3)c3ccc(C=C(c4ccc(OCCC(F)(F)F)cc4)c4ccc(OCCC(F)(F)F)cc4)cc3)cc2)c2ccc(OCCC(F)(F)F)cc2)cc1. The largest absolute Gasteiger partial charge is 0.493 e. The van der Waals surface area contributed by atoms with Crippen LogP contribution in [0.25, 0.3) is 34.9 Å². The first-order valence-corrected chi connectivity index (χ1v) is 31.8. The van der Waals surface area contributed by atoms with Crippen LogP contribution in [0.4, 0.5) is 96.1 Å². The number of anilines is 3. The summed E-state index contributed by atoms with van der Waals surface area (Å²) in [4.78, 5) is 1.93. The van der Waals surface area contributed by atoms with Crippen LogP contribution in [0.1, 0.15) is 88.6 Å². The number of halogens is 18. The zero-order valence-electron chi connectivity index (χ0n) is 54.2. The predicted octanol–water partition coefficient (Wildman–Crippen LogP) is 23.9. The number of nitrogens with zero attached hydrogens (tertiary/aromatic N) is 1. The molecule has 0 bridgehead atoms. The predicted molar refractivity (Wildman–Crippen MR) is 358 cm³/mol. The van der Waals surface area contributed by atoms with Gasteiger partial charge in [0.1, 0.15) is 34.5 Å². The summed E-state index contributed by atoms with van der Waals surface area (Å²) < 4.78 is 266. The van der Waals surface area contributed by atoms with E-state index in [1.54, 1.807) is 72.8 Å². The van der Waals surface area contributed by atoms with E-state index in [2.05, 4.69) is 0 Å². The zero-order chi connectivity index (χ0) is 74.0. The topological polar surface area (TPSA) is 58.6 Å². The zero-order valence-corrected chi connectivity index (χ0v) is 54.2. The molecule has 0 amide bonds. The third-order valence-corrected chi connectivity index (χ3v) is 15.3. The van der Waals surface area contributed by atoms with Crippen molar-refractivity contribution >= 4 is 52.0 Å². The molecule has 0 aromatic heterocycles. The first kappa shape index (κ1) is 76.7. The smallest absolute Gasteiger partial charge is 0.392 e. The maximum absolute atomic E-state index is 13.0. The quantitative estimate of drug-likeness (QED) is 0.0328. The fraction of sp³-hybridized carbons (Fsp3) is 0.231. The molecule has 0 aliphatic rings. The van der Waals surface area contributed by atoms with Gasteiger partial charge in [0.25, 0.3) is 0 Å². The maximum atomic E-state index is 13.0. The van der Waals surface area contributed by atoms with E-state index >= 15 is 0 Å². The number of hydrogen-bond acceptors (Lipinski definition) is 7. The van der Waals surface area contributed by atoms with E-state index < -0.39 is 115 Å². The molecular weight excluding hydrogens is 1390 g/mol. The summed E-state index contributed by atoms with van der Waals surface area (Å²) >= 11 is 0. The lowest BCUT2D eigenvalue weighted by atomic mass is 9.95. The molecule has 542 valence electrons. The van der Waals surface area contributed by atoms with Crippen LogP contribution in [0, 0.1) is 0 Å². The van der Waals surface area contributed by atoms with Gasteiger partial charge in [-0.25, -0.2) is 0 Å². The molecule has 7 nitrogen and oxygen atoms in total. The van der Waals surface area contributed by atoms with Crippen molar-refractivity contribution in [2.45, 2.75) is 75.6 Å². The molecule has 9 aromatic rings. The fourth-order valence-corrected chi connectivity index (χ4v) is 10.2. The Hall–Kier alpha value is -10.5. The van der Waals surface area contributed by atoms with Gasteiger partial charge in [0.15, 0.2) is 0 Å². The number of benzene rings is 9. The van der Waals surface area contributed by atoms with Crippen LogP contribution >= 0.6 is 0 Å². The van der Waals surface area contributed by atoms with Crippen LogP contribution in [-0.4, -0.2) is 76.7 Å². The molecule has 0 atom stereocenters. The number of rotatable bonds is 30. The fourth-order valence-electron chi connectivity index (χ4n) is 10.2. The summed E-state index contributed by atoms with van der Waals surface area (Å²) in [7, 11) is 0. The molecule has 0 N–H and O–H groups in total. The first-order valence-electron chi connectivity index (χ1n) is 31.8. The van der Waals surface area contributed by atoms with E-state index in [9.17, 15) is 79.0 Å². The highest BCUT2D eigenvalue weighted by Gasteiger charge is 2.31. The van der Waals surface area contributed by atoms with Crippen molar-refractivity contribution in [2.24, 2.45) is 0 Å². The van der Waals surface area contributed by atoms with Gasteiger partial charge in [-0.3, -0.25) is 0 Å². The van der Waals surface area contributed by atoms with Crippen molar-refractivity contribution in [2.75, 3.05) is 44.5 Å². The van der Waals surface area contributed by atoms with Crippen LogP contribution in [0.3, 0.4) is 0 Å².